The zero-order valence-electron chi connectivity index (χ0n) is 12.4. The molecule has 0 aliphatic heterocycles. The number of carbonyl (C=O) groups is 1. The Bertz CT molecular complexity index is 790. The summed E-state index contributed by atoms with van der Waals surface area (Å²) in [5.41, 5.74) is -1.53. The Kier molecular flexibility index (Phi) is 4.11. The van der Waals surface area contributed by atoms with Crippen LogP contribution >= 0.6 is 0 Å². The van der Waals surface area contributed by atoms with E-state index in [2.05, 4.69) is 0 Å². The minimum Gasteiger partial charge on any atom is -0.492 e. The van der Waals surface area contributed by atoms with Crippen molar-refractivity contribution in [3.8, 4) is 23.0 Å². The van der Waals surface area contributed by atoms with Crippen LogP contribution in [0.2, 0.25) is 0 Å². The lowest BCUT2D eigenvalue weighted by Gasteiger charge is -2.17. The first-order valence-corrected chi connectivity index (χ1v) is 6.07. The van der Waals surface area contributed by atoms with Crippen molar-refractivity contribution < 1.29 is 33.3 Å². The van der Waals surface area contributed by atoms with E-state index in [1.165, 1.54) is 28.4 Å². The maximum absolute atomic E-state index is 11.8. The predicted octanol–water partition coefficient (Wildman–Crippen LogP) is 1.53. The molecule has 1 aromatic carbocycles. The van der Waals surface area contributed by atoms with Crippen molar-refractivity contribution in [3.05, 3.63) is 22.0 Å². The maximum atomic E-state index is 11.8. The highest BCUT2D eigenvalue weighted by molar-refractivity contribution is 5.99. The average molecular weight is 310 g/mol. The predicted molar refractivity (Wildman–Crippen MR) is 75.7 cm³/mol. The van der Waals surface area contributed by atoms with E-state index < -0.39 is 17.2 Å². The van der Waals surface area contributed by atoms with Crippen LogP contribution in [0.1, 0.15) is 10.4 Å². The summed E-state index contributed by atoms with van der Waals surface area (Å²) in [6.45, 7) is 0. The van der Waals surface area contributed by atoms with Gasteiger partial charge in [-0.1, -0.05) is 0 Å². The summed E-state index contributed by atoms with van der Waals surface area (Å²) < 4.78 is 26.0. The SMILES string of the molecule is COc1c(OC)c(OC)c2oc(=O)c(C(=O)O)cc2c1OC. The second-order valence-corrected chi connectivity index (χ2v) is 4.13. The molecule has 0 unspecified atom stereocenters. The number of benzene rings is 1. The zero-order valence-corrected chi connectivity index (χ0v) is 12.4. The molecule has 0 fully saturated rings. The number of hydrogen-bond donors (Lipinski definition) is 1. The van der Waals surface area contributed by atoms with Crippen LogP contribution in [0.5, 0.6) is 23.0 Å². The summed E-state index contributed by atoms with van der Waals surface area (Å²) in [6, 6.07) is 1.15. The fourth-order valence-electron chi connectivity index (χ4n) is 2.15. The Morgan fingerprint density at radius 3 is 1.91 bits per heavy atom. The van der Waals surface area contributed by atoms with Gasteiger partial charge in [-0.15, -0.1) is 0 Å². The molecule has 1 heterocycles. The molecule has 0 saturated carbocycles. The third-order valence-corrected chi connectivity index (χ3v) is 3.06. The monoisotopic (exact) mass is 310 g/mol. The fraction of sp³-hybridized carbons (Fsp3) is 0.286. The maximum Gasteiger partial charge on any atom is 0.351 e. The molecule has 0 radical (unpaired) electrons. The number of rotatable bonds is 5. The number of aromatic carboxylic acids is 1. The lowest BCUT2D eigenvalue weighted by atomic mass is 10.1. The van der Waals surface area contributed by atoms with Gasteiger partial charge in [0.2, 0.25) is 17.2 Å². The third kappa shape index (κ3) is 2.18. The Morgan fingerprint density at radius 1 is 0.955 bits per heavy atom. The second-order valence-electron chi connectivity index (χ2n) is 4.13. The Labute approximate surface area is 124 Å². The number of hydrogen-bond acceptors (Lipinski definition) is 7. The van der Waals surface area contributed by atoms with Gasteiger partial charge in [0.05, 0.1) is 33.8 Å². The van der Waals surface area contributed by atoms with Crippen LogP contribution in [-0.4, -0.2) is 39.5 Å². The van der Waals surface area contributed by atoms with E-state index in [0.717, 1.165) is 6.07 Å². The number of carboxylic acids is 1. The fourth-order valence-corrected chi connectivity index (χ4v) is 2.15. The van der Waals surface area contributed by atoms with Crippen LogP contribution in [0.25, 0.3) is 11.0 Å². The first kappa shape index (κ1) is 15.5. The molecule has 0 amide bonds. The van der Waals surface area contributed by atoms with E-state index in [1.54, 1.807) is 0 Å². The smallest absolute Gasteiger partial charge is 0.351 e. The van der Waals surface area contributed by atoms with Gasteiger partial charge in [0, 0.05) is 0 Å². The molecule has 2 rings (SSSR count). The Balaban J connectivity index is 3.06. The molecule has 118 valence electrons. The summed E-state index contributed by atoms with van der Waals surface area (Å²) in [5.74, 6) is -0.780. The van der Waals surface area contributed by atoms with E-state index in [1.807, 2.05) is 0 Å². The van der Waals surface area contributed by atoms with Crippen molar-refractivity contribution in [2.45, 2.75) is 0 Å². The first-order chi connectivity index (χ1) is 10.5. The average Bonchev–Trinajstić information content (AvgIpc) is 2.51. The van der Waals surface area contributed by atoms with Crippen molar-refractivity contribution >= 4 is 16.9 Å². The highest BCUT2D eigenvalue weighted by Gasteiger charge is 2.26. The molecular formula is C14H14O8. The Hall–Kier alpha value is -2.90. The van der Waals surface area contributed by atoms with E-state index in [9.17, 15) is 9.59 Å². The summed E-state index contributed by atoms with van der Waals surface area (Å²) in [6.07, 6.45) is 0. The van der Waals surface area contributed by atoms with Gasteiger partial charge >= 0.3 is 11.6 Å². The number of fused-ring (bicyclic) bond motifs is 1. The third-order valence-electron chi connectivity index (χ3n) is 3.06. The summed E-state index contributed by atoms with van der Waals surface area (Å²) in [7, 11) is 5.50. The number of ether oxygens (including phenoxy) is 4. The highest BCUT2D eigenvalue weighted by Crippen LogP contribution is 2.50. The van der Waals surface area contributed by atoms with Crippen molar-refractivity contribution in [2.24, 2.45) is 0 Å². The largest absolute Gasteiger partial charge is 0.492 e. The summed E-state index contributed by atoms with van der Waals surface area (Å²) in [4.78, 5) is 22.9. The van der Waals surface area contributed by atoms with Gasteiger partial charge in [0.1, 0.15) is 5.56 Å². The minimum absolute atomic E-state index is 0.00648. The molecule has 2 aromatic rings. The van der Waals surface area contributed by atoms with Crippen molar-refractivity contribution in [1.29, 1.82) is 0 Å². The van der Waals surface area contributed by atoms with Gasteiger partial charge in [0.15, 0.2) is 11.3 Å². The summed E-state index contributed by atoms with van der Waals surface area (Å²) in [5, 5.41) is 9.27. The minimum atomic E-state index is -1.41. The van der Waals surface area contributed by atoms with Crippen LogP contribution < -0.4 is 24.6 Å². The van der Waals surface area contributed by atoms with Crippen molar-refractivity contribution in [2.75, 3.05) is 28.4 Å². The molecule has 0 aliphatic carbocycles. The highest BCUT2D eigenvalue weighted by atomic mass is 16.5. The van der Waals surface area contributed by atoms with Gasteiger partial charge in [-0.2, -0.15) is 0 Å². The second kappa shape index (κ2) is 5.84. The van der Waals surface area contributed by atoms with E-state index in [4.69, 9.17) is 28.5 Å². The molecule has 22 heavy (non-hydrogen) atoms. The van der Waals surface area contributed by atoms with Crippen LogP contribution in [-0.2, 0) is 0 Å². The molecule has 0 aliphatic rings. The van der Waals surface area contributed by atoms with Crippen LogP contribution in [0.3, 0.4) is 0 Å². The van der Waals surface area contributed by atoms with Gasteiger partial charge in [-0.25, -0.2) is 9.59 Å². The molecular weight excluding hydrogens is 296 g/mol. The van der Waals surface area contributed by atoms with Gasteiger partial charge in [-0.3, -0.25) is 0 Å². The quantitative estimate of drug-likeness (QED) is 0.829. The summed E-state index contributed by atoms with van der Waals surface area (Å²) >= 11 is 0. The molecule has 0 saturated heterocycles. The molecule has 8 heteroatoms. The van der Waals surface area contributed by atoms with Crippen molar-refractivity contribution in [1.82, 2.24) is 0 Å². The van der Waals surface area contributed by atoms with Gasteiger partial charge in [-0.05, 0) is 6.07 Å². The standard InChI is InChI=1S/C14H14O8/c1-18-8-6-5-7(13(15)16)14(17)22-9(6)11(20-3)12(21-4)10(8)19-2/h5H,1-4H3,(H,15,16). The van der Waals surface area contributed by atoms with E-state index in [-0.39, 0.29) is 34.0 Å². The van der Waals surface area contributed by atoms with Crippen LogP contribution in [0, 0.1) is 0 Å². The molecule has 0 bridgehead atoms. The van der Waals surface area contributed by atoms with Crippen LogP contribution in [0.15, 0.2) is 15.3 Å². The lowest BCUT2D eigenvalue weighted by molar-refractivity contribution is 0.0692. The molecule has 1 N–H and O–H groups in total. The topological polar surface area (TPSA) is 104 Å². The molecule has 8 nitrogen and oxygen atoms in total. The Morgan fingerprint density at radius 2 is 1.45 bits per heavy atom. The first-order valence-electron chi connectivity index (χ1n) is 6.07. The lowest BCUT2D eigenvalue weighted by Crippen LogP contribution is -2.13. The van der Waals surface area contributed by atoms with E-state index >= 15 is 0 Å². The van der Waals surface area contributed by atoms with Gasteiger partial charge in [0.25, 0.3) is 0 Å². The van der Waals surface area contributed by atoms with E-state index in [0.29, 0.717) is 0 Å². The molecule has 0 atom stereocenters. The molecule has 1 aromatic heterocycles. The van der Waals surface area contributed by atoms with Crippen LogP contribution in [0.4, 0.5) is 0 Å². The zero-order chi connectivity index (χ0) is 16.4. The molecule has 0 spiro atoms. The number of methoxy groups -OCH3 is 4. The number of carboxylic acid groups (broad SMARTS) is 1. The van der Waals surface area contributed by atoms with Crippen molar-refractivity contribution in [3.63, 3.8) is 0 Å². The normalized spacial score (nSPS) is 10.4. The van der Waals surface area contributed by atoms with Gasteiger partial charge < -0.3 is 28.5 Å².